The number of benzene rings is 1. The van der Waals surface area contributed by atoms with Crippen LogP contribution in [0.25, 0.3) is 16.0 Å². The first-order chi connectivity index (χ1) is 15.2. The molecule has 0 spiro atoms. The molecule has 0 saturated heterocycles. The highest BCUT2D eigenvalue weighted by molar-refractivity contribution is 7.17. The Morgan fingerprint density at radius 3 is 2.50 bits per heavy atom. The van der Waals surface area contributed by atoms with Crippen molar-refractivity contribution < 1.29 is 4.79 Å². The smallest absolute Gasteiger partial charge is 0.324 e. The van der Waals surface area contributed by atoms with Crippen molar-refractivity contribution in [2.75, 3.05) is 5.32 Å². The number of anilines is 1. The third-order valence-corrected chi connectivity index (χ3v) is 6.44. The standard InChI is InChI=1S/C23H27N5O3S/c1-13(2)6-8-26-21(30)20-17(7-9-32-20)28-22(26)25-27(23(28)31)12-18(29)24-19-15(4)10-14(3)11-16(19)5/h7,9-11,13H,6,8,12H2,1-5H3,(H,24,29). The fraction of sp³-hybridized carbons (Fsp3) is 0.391. The maximum absolute atomic E-state index is 13.2. The molecule has 4 rings (SSSR count). The number of hydrogen-bond acceptors (Lipinski definition) is 5. The second-order valence-electron chi connectivity index (χ2n) is 8.67. The van der Waals surface area contributed by atoms with Crippen LogP contribution < -0.4 is 16.6 Å². The number of nitrogens with one attached hydrogen (secondary N) is 1. The van der Waals surface area contributed by atoms with Crippen LogP contribution in [0.4, 0.5) is 5.69 Å². The van der Waals surface area contributed by atoms with Crippen molar-refractivity contribution in [3.05, 3.63) is 61.1 Å². The summed E-state index contributed by atoms with van der Waals surface area (Å²) in [4.78, 5) is 39.0. The molecule has 0 radical (unpaired) electrons. The van der Waals surface area contributed by atoms with Crippen molar-refractivity contribution in [3.8, 4) is 0 Å². The van der Waals surface area contributed by atoms with E-state index in [9.17, 15) is 14.4 Å². The lowest BCUT2D eigenvalue weighted by Crippen LogP contribution is -2.29. The quantitative estimate of drug-likeness (QED) is 0.484. The molecule has 0 aliphatic carbocycles. The molecule has 0 bridgehead atoms. The zero-order chi connectivity index (χ0) is 23.2. The molecular formula is C23H27N5O3S. The van der Waals surface area contributed by atoms with Gasteiger partial charge >= 0.3 is 5.69 Å². The number of thiophene rings is 1. The lowest BCUT2D eigenvalue weighted by atomic mass is 10.1. The molecule has 3 aromatic heterocycles. The van der Waals surface area contributed by atoms with Crippen LogP contribution in [0.1, 0.15) is 37.0 Å². The summed E-state index contributed by atoms with van der Waals surface area (Å²) in [6.45, 7) is 10.3. The lowest BCUT2D eigenvalue weighted by molar-refractivity contribution is -0.117. The minimum atomic E-state index is -0.436. The van der Waals surface area contributed by atoms with E-state index in [1.165, 1.54) is 15.7 Å². The maximum Gasteiger partial charge on any atom is 0.352 e. The molecule has 168 valence electrons. The van der Waals surface area contributed by atoms with E-state index in [2.05, 4.69) is 24.3 Å². The number of fused-ring (bicyclic) bond motifs is 3. The van der Waals surface area contributed by atoms with Gasteiger partial charge in [0.05, 0.1) is 5.52 Å². The predicted molar refractivity (Wildman–Crippen MR) is 128 cm³/mol. The highest BCUT2D eigenvalue weighted by Gasteiger charge is 2.20. The topological polar surface area (TPSA) is 90.4 Å². The Bertz CT molecular complexity index is 1430. The highest BCUT2D eigenvalue weighted by Crippen LogP contribution is 2.22. The molecule has 9 heteroatoms. The number of amides is 1. The first kappa shape index (κ1) is 22.0. The fourth-order valence-electron chi connectivity index (χ4n) is 4.02. The summed E-state index contributed by atoms with van der Waals surface area (Å²) in [5.41, 5.74) is 3.71. The highest BCUT2D eigenvalue weighted by atomic mass is 32.1. The largest absolute Gasteiger partial charge is 0.352 e. The van der Waals surface area contributed by atoms with Crippen molar-refractivity contribution >= 4 is 38.9 Å². The molecule has 0 aliphatic heterocycles. The first-order valence-electron chi connectivity index (χ1n) is 10.6. The SMILES string of the molecule is Cc1cc(C)c(NC(=O)Cn2nc3n(CCC(C)C)c(=O)c4sccc4n3c2=O)c(C)c1. The Morgan fingerprint density at radius 1 is 1.16 bits per heavy atom. The minimum Gasteiger partial charge on any atom is -0.324 e. The van der Waals surface area contributed by atoms with Crippen LogP contribution in [-0.2, 0) is 17.9 Å². The van der Waals surface area contributed by atoms with Crippen LogP contribution in [0.2, 0.25) is 0 Å². The van der Waals surface area contributed by atoms with E-state index in [0.717, 1.165) is 33.5 Å². The second kappa shape index (κ2) is 8.38. The van der Waals surface area contributed by atoms with Gasteiger partial charge in [-0.1, -0.05) is 31.5 Å². The Hall–Kier alpha value is -3.20. The van der Waals surface area contributed by atoms with Gasteiger partial charge in [-0.3, -0.25) is 14.2 Å². The Labute approximate surface area is 189 Å². The third-order valence-electron chi connectivity index (χ3n) is 5.55. The van der Waals surface area contributed by atoms with Crippen LogP contribution in [0, 0.1) is 26.7 Å². The average Bonchev–Trinajstić information content (AvgIpc) is 3.30. The number of carbonyl (C=O) groups excluding carboxylic acids is 1. The summed E-state index contributed by atoms with van der Waals surface area (Å²) in [6.07, 6.45) is 0.778. The number of aryl methyl sites for hydroxylation is 4. The number of nitrogens with zero attached hydrogens (tertiary/aromatic N) is 4. The summed E-state index contributed by atoms with van der Waals surface area (Å²) in [5.74, 6) is 0.312. The van der Waals surface area contributed by atoms with E-state index in [4.69, 9.17) is 0 Å². The van der Waals surface area contributed by atoms with Gasteiger partial charge < -0.3 is 5.32 Å². The molecule has 0 unspecified atom stereocenters. The van der Waals surface area contributed by atoms with Crippen molar-refractivity contribution in [1.29, 1.82) is 0 Å². The van der Waals surface area contributed by atoms with E-state index < -0.39 is 5.69 Å². The molecule has 0 saturated carbocycles. The molecule has 1 N–H and O–H groups in total. The Balaban J connectivity index is 1.75. The number of carbonyl (C=O) groups is 1. The molecule has 0 aliphatic rings. The van der Waals surface area contributed by atoms with E-state index in [1.807, 2.05) is 32.9 Å². The maximum atomic E-state index is 13.2. The third kappa shape index (κ3) is 3.88. The summed E-state index contributed by atoms with van der Waals surface area (Å²) in [5, 5.41) is 9.09. The van der Waals surface area contributed by atoms with Crippen LogP contribution in [0.15, 0.2) is 33.2 Å². The van der Waals surface area contributed by atoms with Gasteiger partial charge in [-0.05, 0) is 55.7 Å². The van der Waals surface area contributed by atoms with Gasteiger partial charge in [-0.15, -0.1) is 16.4 Å². The Kier molecular flexibility index (Phi) is 5.77. The van der Waals surface area contributed by atoms with Gasteiger partial charge in [0.1, 0.15) is 11.2 Å². The summed E-state index contributed by atoms with van der Waals surface area (Å²) in [7, 11) is 0. The van der Waals surface area contributed by atoms with Crippen LogP contribution in [0.3, 0.4) is 0 Å². The molecule has 0 atom stereocenters. The summed E-state index contributed by atoms with van der Waals surface area (Å²) in [6, 6.07) is 5.74. The van der Waals surface area contributed by atoms with Crippen molar-refractivity contribution in [1.82, 2.24) is 18.7 Å². The zero-order valence-electron chi connectivity index (χ0n) is 18.9. The number of rotatable bonds is 6. The van der Waals surface area contributed by atoms with Crippen LogP contribution in [0.5, 0.6) is 0 Å². The normalized spacial score (nSPS) is 11.7. The van der Waals surface area contributed by atoms with Gasteiger partial charge in [0.25, 0.3) is 5.56 Å². The van der Waals surface area contributed by atoms with E-state index in [-0.39, 0.29) is 23.8 Å². The van der Waals surface area contributed by atoms with Gasteiger partial charge in [-0.25, -0.2) is 13.9 Å². The molecule has 32 heavy (non-hydrogen) atoms. The van der Waals surface area contributed by atoms with Crippen molar-refractivity contribution in [3.63, 3.8) is 0 Å². The molecule has 4 aromatic rings. The minimum absolute atomic E-state index is 0.157. The number of aromatic nitrogens is 4. The lowest BCUT2D eigenvalue weighted by Gasteiger charge is -2.12. The van der Waals surface area contributed by atoms with Crippen LogP contribution >= 0.6 is 11.3 Å². The van der Waals surface area contributed by atoms with E-state index >= 15 is 0 Å². The van der Waals surface area contributed by atoms with Crippen LogP contribution in [-0.4, -0.2) is 24.7 Å². The molecule has 3 heterocycles. The molecule has 0 fully saturated rings. The molecule has 1 aromatic carbocycles. The zero-order valence-corrected chi connectivity index (χ0v) is 19.7. The molecule has 8 nitrogen and oxygen atoms in total. The molecular weight excluding hydrogens is 426 g/mol. The van der Waals surface area contributed by atoms with Gasteiger partial charge in [0, 0.05) is 12.2 Å². The van der Waals surface area contributed by atoms with Crippen molar-refractivity contribution in [2.45, 2.75) is 54.1 Å². The van der Waals surface area contributed by atoms with E-state index in [1.54, 1.807) is 16.0 Å². The van der Waals surface area contributed by atoms with E-state index in [0.29, 0.717) is 22.7 Å². The molecule has 1 amide bonds. The van der Waals surface area contributed by atoms with Gasteiger partial charge in [-0.2, -0.15) is 0 Å². The van der Waals surface area contributed by atoms with Gasteiger partial charge in [0.15, 0.2) is 0 Å². The monoisotopic (exact) mass is 453 g/mol. The Morgan fingerprint density at radius 2 is 1.84 bits per heavy atom. The van der Waals surface area contributed by atoms with Gasteiger partial charge in [0.2, 0.25) is 11.7 Å². The summed E-state index contributed by atoms with van der Waals surface area (Å²) >= 11 is 1.31. The summed E-state index contributed by atoms with van der Waals surface area (Å²) < 4.78 is 4.62. The second-order valence-corrected chi connectivity index (χ2v) is 9.59. The average molecular weight is 454 g/mol. The van der Waals surface area contributed by atoms with Crippen molar-refractivity contribution in [2.24, 2.45) is 5.92 Å². The number of hydrogen-bond donors (Lipinski definition) is 1. The predicted octanol–water partition coefficient (Wildman–Crippen LogP) is 3.48. The fourth-order valence-corrected chi connectivity index (χ4v) is 4.84. The first-order valence-corrected chi connectivity index (χ1v) is 11.5.